The van der Waals surface area contributed by atoms with E-state index in [0.717, 1.165) is 37.5 Å². The highest BCUT2D eigenvalue weighted by molar-refractivity contribution is 6.01. The van der Waals surface area contributed by atoms with E-state index < -0.39 is 0 Å². The van der Waals surface area contributed by atoms with Gasteiger partial charge in [-0.25, -0.2) is 4.79 Å². The van der Waals surface area contributed by atoms with Crippen LogP contribution >= 0.6 is 0 Å². The van der Waals surface area contributed by atoms with Gasteiger partial charge in [0.1, 0.15) is 5.82 Å². The van der Waals surface area contributed by atoms with E-state index in [1.54, 1.807) is 17.0 Å². The third kappa shape index (κ3) is 5.09. The molecule has 2 N–H and O–H groups in total. The summed E-state index contributed by atoms with van der Waals surface area (Å²) in [6.45, 7) is 2.63. The Balaban J connectivity index is 1.61. The molecular formula is C23H26N6O2. The maximum absolute atomic E-state index is 13.2. The van der Waals surface area contributed by atoms with Gasteiger partial charge in [-0.1, -0.05) is 24.6 Å². The van der Waals surface area contributed by atoms with Gasteiger partial charge in [0.25, 0.3) is 0 Å². The zero-order chi connectivity index (χ0) is 21.6. The lowest BCUT2D eigenvalue weighted by Gasteiger charge is -2.23. The number of para-hydroxylation sites is 1. The van der Waals surface area contributed by atoms with E-state index in [-0.39, 0.29) is 11.9 Å². The van der Waals surface area contributed by atoms with Crippen LogP contribution in [0.5, 0.6) is 0 Å². The second-order valence-corrected chi connectivity index (χ2v) is 7.61. The normalized spacial score (nSPS) is 13.1. The molecule has 2 heterocycles. The van der Waals surface area contributed by atoms with Gasteiger partial charge in [0, 0.05) is 37.0 Å². The maximum atomic E-state index is 13.2. The Morgan fingerprint density at radius 1 is 0.935 bits per heavy atom. The first-order chi connectivity index (χ1) is 15.1. The molecule has 8 nitrogen and oxygen atoms in total. The van der Waals surface area contributed by atoms with Crippen LogP contribution in [-0.2, 0) is 24.3 Å². The fourth-order valence-corrected chi connectivity index (χ4v) is 3.72. The van der Waals surface area contributed by atoms with Crippen LogP contribution in [0.3, 0.4) is 0 Å². The third-order valence-corrected chi connectivity index (χ3v) is 5.26. The molecule has 31 heavy (non-hydrogen) atoms. The first kappa shape index (κ1) is 20.6. The molecule has 3 aromatic rings. The van der Waals surface area contributed by atoms with Gasteiger partial charge in [0.15, 0.2) is 5.82 Å². The standard InChI is InChI=1S/C23H26N6O2/c1-17(30)24-19-11-13-20(14-12-19)29(23(31)25-18-8-4-2-5-9-18)16-22-27-26-21-10-6-3-7-15-28(21)22/h2,4-5,8-9,11-14H,3,6-7,10,15-16H2,1H3,(H,24,30)(H,25,31). The zero-order valence-electron chi connectivity index (χ0n) is 17.5. The van der Waals surface area contributed by atoms with Crippen molar-refractivity contribution in [2.75, 3.05) is 15.5 Å². The lowest BCUT2D eigenvalue weighted by Crippen LogP contribution is -2.35. The number of fused-ring (bicyclic) bond motifs is 1. The Labute approximate surface area is 181 Å². The molecular weight excluding hydrogens is 392 g/mol. The molecule has 3 amide bonds. The monoisotopic (exact) mass is 418 g/mol. The second-order valence-electron chi connectivity index (χ2n) is 7.61. The molecule has 0 spiro atoms. The molecule has 0 unspecified atom stereocenters. The molecule has 4 rings (SSSR count). The molecule has 0 fully saturated rings. The Morgan fingerprint density at radius 3 is 2.42 bits per heavy atom. The van der Waals surface area contributed by atoms with Gasteiger partial charge in [0.05, 0.1) is 6.54 Å². The molecule has 1 aliphatic heterocycles. The largest absolute Gasteiger partial charge is 0.326 e. The van der Waals surface area contributed by atoms with Crippen LogP contribution in [0.1, 0.15) is 37.8 Å². The number of benzene rings is 2. The summed E-state index contributed by atoms with van der Waals surface area (Å²) < 4.78 is 2.14. The Hall–Kier alpha value is -3.68. The lowest BCUT2D eigenvalue weighted by molar-refractivity contribution is -0.114. The summed E-state index contributed by atoms with van der Waals surface area (Å²) in [4.78, 5) is 26.2. The fourth-order valence-electron chi connectivity index (χ4n) is 3.72. The minimum atomic E-state index is -0.260. The number of hydrogen-bond donors (Lipinski definition) is 2. The van der Waals surface area contributed by atoms with E-state index in [1.165, 1.54) is 13.3 Å². The topological polar surface area (TPSA) is 92.2 Å². The summed E-state index contributed by atoms with van der Waals surface area (Å²) in [5.41, 5.74) is 2.09. The smallest absolute Gasteiger partial charge is 0.326 e. The molecule has 0 radical (unpaired) electrons. The van der Waals surface area contributed by atoms with Gasteiger partial charge in [0.2, 0.25) is 5.91 Å². The van der Waals surface area contributed by atoms with Crippen LogP contribution in [0.2, 0.25) is 0 Å². The van der Waals surface area contributed by atoms with Gasteiger partial charge in [-0.05, 0) is 49.2 Å². The highest BCUT2D eigenvalue weighted by Gasteiger charge is 2.22. The summed E-state index contributed by atoms with van der Waals surface area (Å²) in [5, 5.41) is 14.4. The molecule has 0 saturated carbocycles. The van der Waals surface area contributed by atoms with Crippen LogP contribution in [0.4, 0.5) is 21.9 Å². The van der Waals surface area contributed by atoms with Crippen LogP contribution in [0, 0.1) is 0 Å². The van der Waals surface area contributed by atoms with Crippen molar-refractivity contribution in [1.29, 1.82) is 0 Å². The van der Waals surface area contributed by atoms with Crippen LogP contribution in [0.15, 0.2) is 54.6 Å². The summed E-state index contributed by atoms with van der Waals surface area (Å²) >= 11 is 0. The molecule has 0 atom stereocenters. The number of aryl methyl sites for hydroxylation is 1. The van der Waals surface area contributed by atoms with Crippen LogP contribution < -0.4 is 15.5 Å². The van der Waals surface area contributed by atoms with E-state index in [1.807, 2.05) is 42.5 Å². The van der Waals surface area contributed by atoms with E-state index >= 15 is 0 Å². The minimum absolute atomic E-state index is 0.141. The number of nitrogens with zero attached hydrogens (tertiary/aromatic N) is 4. The first-order valence-electron chi connectivity index (χ1n) is 10.5. The number of anilines is 3. The average molecular weight is 419 g/mol. The van der Waals surface area contributed by atoms with Crippen molar-refractivity contribution in [3.05, 3.63) is 66.2 Å². The van der Waals surface area contributed by atoms with E-state index in [9.17, 15) is 9.59 Å². The predicted octanol–water partition coefficient (Wildman–Crippen LogP) is 4.20. The predicted molar refractivity (Wildman–Crippen MR) is 120 cm³/mol. The Bertz CT molecular complexity index is 1050. The molecule has 0 saturated heterocycles. The summed E-state index contributed by atoms with van der Waals surface area (Å²) in [6, 6.07) is 16.3. The number of urea groups is 1. The van der Waals surface area contributed by atoms with Crippen LogP contribution in [0.25, 0.3) is 0 Å². The first-order valence-corrected chi connectivity index (χ1v) is 10.5. The van der Waals surface area contributed by atoms with Gasteiger partial charge in [-0.2, -0.15) is 0 Å². The van der Waals surface area contributed by atoms with Crippen molar-refractivity contribution in [1.82, 2.24) is 14.8 Å². The van der Waals surface area contributed by atoms with E-state index in [2.05, 4.69) is 25.4 Å². The number of carbonyl (C=O) groups is 2. The molecule has 160 valence electrons. The van der Waals surface area contributed by atoms with Gasteiger partial charge in [-0.3, -0.25) is 9.69 Å². The van der Waals surface area contributed by atoms with Crippen molar-refractivity contribution in [2.24, 2.45) is 0 Å². The average Bonchev–Trinajstić information content (AvgIpc) is 2.98. The molecule has 0 bridgehead atoms. The summed E-state index contributed by atoms with van der Waals surface area (Å²) in [6.07, 6.45) is 4.28. The highest BCUT2D eigenvalue weighted by atomic mass is 16.2. The second kappa shape index (κ2) is 9.42. The zero-order valence-corrected chi connectivity index (χ0v) is 17.5. The van der Waals surface area contributed by atoms with Crippen molar-refractivity contribution < 1.29 is 9.59 Å². The molecule has 0 aliphatic carbocycles. The number of nitrogens with one attached hydrogen (secondary N) is 2. The number of carbonyl (C=O) groups excluding carboxylic acids is 2. The number of amides is 3. The maximum Gasteiger partial charge on any atom is 0.326 e. The minimum Gasteiger partial charge on any atom is -0.326 e. The van der Waals surface area contributed by atoms with Crippen molar-refractivity contribution >= 4 is 29.0 Å². The Morgan fingerprint density at radius 2 is 1.68 bits per heavy atom. The number of aromatic nitrogens is 3. The van der Waals surface area contributed by atoms with Crippen molar-refractivity contribution in [2.45, 2.75) is 45.7 Å². The molecule has 8 heteroatoms. The van der Waals surface area contributed by atoms with E-state index in [0.29, 0.717) is 23.6 Å². The quantitative estimate of drug-likeness (QED) is 0.649. The number of rotatable bonds is 5. The van der Waals surface area contributed by atoms with Crippen molar-refractivity contribution in [3.8, 4) is 0 Å². The van der Waals surface area contributed by atoms with Crippen LogP contribution in [-0.4, -0.2) is 26.7 Å². The lowest BCUT2D eigenvalue weighted by atomic mass is 10.2. The molecule has 1 aliphatic rings. The summed E-state index contributed by atoms with van der Waals surface area (Å²) in [7, 11) is 0. The van der Waals surface area contributed by atoms with E-state index in [4.69, 9.17) is 0 Å². The van der Waals surface area contributed by atoms with Gasteiger partial charge >= 0.3 is 6.03 Å². The fraction of sp³-hybridized carbons (Fsp3) is 0.304. The third-order valence-electron chi connectivity index (χ3n) is 5.26. The molecule has 2 aromatic carbocycles. The molecule has 1 aromatic heterocycles. The van der Waals surface area contributed by atoms with Gasteiger partial charge < -0.3 is 15.2 Å². The van der Waals surface area contributed by atoms with Gasteiger partial charge in [-0.15, -0.1) is 10.2 Å². The number of hydrogen-bond acceptors (Lipinski definition) is 4. The highest BCUT2D eigenvalue weighted by Crippen LogP contribution is 2.23. The van der Waals surface area contributed by atoms with Crippen molar-refractivity contribution in [3.63, 3.8) is 0 Å². The summed E-state index contributed by atoms with van der Waals surface area (Å²) in [5.74, 6) is 1.61. The Kier molecular flexibility index (Phi) is 6.26. The SMILES string of the molecule is CC(=O)Nc1ccc(N(Cc2nnc3n2CCCCC3)C(=O)Nc2ccccc2)cc1.